The molecule has 11 heteroatoms. The Bertz CT molecular complexity index is 1230. The van der Waals surface area contributed by atoms with Crippen molar-refractivity contribution in [3.8, 4) is 0 Å². The number of nitrogens with one attached hydrogen (secondary N) is 1. The van der Waals surface area contributed by atoms with E-state index in [9.17, 15) is 35.1 Å². The molecule has 6 N–H and O–H groups in total. The Morgan fingerprint density at radius 1 is 0.567 bits per heavy atom. The van der Waals surface area contributed by atoms with Crippen molar-refractivity contribution in [2.45, 2.75) is 294 Å². The molecule has 0 aromatic rings. The van der Waals surface area contributed by atoms with E-state index in [2.05, 4.69) is 50.4 Å². The number of aliphatic hydroxyl groups excluding tert-OH is 5. The van der Waals surface area contributed by atoms with E-state index in [1.54, 1.807) is 6.08 Å². The number of aliphatic hydroxyl groups is 5. The van der Waals surface area contributed by atoms with Crippen molar-refractivity contribution in [2.24, 2.45) is 0 Å². The highest BCUT2D eigenvalue weighted by molar-refractivity contribution is 5.80. The van der Waals surface area contributed by atoms with E-state index in [4.69, 9.17) is 14.2 Å². The molecule has 1 aliphatic rings. The zero-order valence-electron chi connectivity index (χ0n) is 43.0. The number of unbranched alkanes of at least 4 members (excludes halogenated alkanes) is 28. The van der Waals surface area contributed by atoms with Crippen molar-refractivity contribution < 1.29 is 49.3 Å². The second kappa shape index (κ2) is 45.0. The molecule has 0 bridgehead atoms. The first kappa shape index (κ1) is 62.9. The highest BCUT2D eigenvalue weighted by Crippen LogP contribution is 2.26. The topological polar surface area (TPSA) is 175 Å². The number of carbonyl (C=O) groups excluding carboxylic acids is 2. The summed E-state index contributed by atoms with van der Waals surface area (Å²) in [6.45, 7) is 5.71. The number of esters is 1. The molecule has 0 aromatic heterocycles. The summed E-state index contributed by atoms with van der Waals surface area (Å²) in [4.78, 5) is 26.4. The molecule has 1 aliphatic heterocycles. The van der Waals surface area contributed by atoms with E-state index in [1.807, 2.05) is 6.08 Å². The molecule has 0 aromatic carbocycles. The van der Waals surface area contributed by atoms with Crippen LogP contribution in [0.5, 0.6) is 0 Å². The molecule has 0 aliphatic carbocycles. The SMILES string of the molecule is CCCC/C=C\CCCCCCC(O)C(=O)NC(COC1OC(CO)C(O)C(O)C1OC(=O)CCCCCCCCC/C=C\CCCCCC)C(O)/C=C/CCCCCCCCCCCCC. The van der Waals surface area contributed by atoms with Gasteiger partial charge in [-0.3, -0.25) is 9.59 Å². The number of allylic oxidation sites excluding steroid dienone is 5. The fourth-order valence-corrected chi connectivity index (χ4v) is 8.51. The minimum atomic E-state index is -1.61. The minimum absolute atomic E-state index is 0.119. The van der Waals surface area contributed by atoms with Gasteiger partial charge < -0.3 is 45.1 Å². The normalized spacial score (nSPS) is 20.3. The zero-order chi connectivity index (χ0) is 49.0. The third kappa shape index (κ3) is 34.0. The van der Waals surface area contributed by atoms with Gasteiger partial charge in [0.15, 0.2) is 12.4 Å². The van der Waals surface area contributed by atoms with Gasteiger partial charge in [0.05, 0.1) is 25.4 Å². The van der Waals surface area contributed by atoms with Crippen molar-refractivity contribution >= 4 is 11.9 Å². The Kier molecular flexibility index (Phi) is 42.3. The molecule has 8 unspecified atom stereocenters. The van der Waals surface area contributed by atoms with Crippen molar-refractivity contribution in [2.75, 3.05) is 13.2 Å². The monoisotopic (exact) mass is 950 g/mol. The maximum atomic E-state index is 13.3. The van der Waals surface area contributed by atoms with Gasteiger partial charge in [0.1, 0.15) is 24.4 Å². The maximum absolute atomic E-state index is 13.3. The average molecular weight is 950 g/mol. The molecule has 392 valence electrons. The smallest absolute Gasteiger partial charge is 0.306 e. The molecule has 67 heavy (non-hydrogen) atoms. The third-order valence-corrected chi connectivity index (χ3v) is 13.0. The fourth-order valence-electron chi connectivity index (χ4n) is 8.51. The van der Waals surface area contributed by atoms with Gasteiger partial charge in [-0.15, -0.1) is 0 Å². The van der Waals surface area contributed by atoms with Crippen LogP contribution in [0.3, 0.4) is 0 Å². The van der Waals surface area contributed by atoms with E-state index in [0.29, 0.717) is 12.8 Å². The molecule has 0 spiro atoms. The molecular weight excluding hydrogens is 847 g/mol. The first-order valence-electron chi connectivity index (χ1n) is 27.8. The third-order valence-electron chi connectivity index (χ3n) is 13.0. The number of carbonyl (C=O) groups is 2. The fraction of sp³-hybridized carbons (Fsp3) is 0.857. The number of rotatable bonds is 46. The number of ether oxygens (including phenoxy) is 3. The summed E-state index contributed by atoms with van der Waals surface area (Å²) < 4.78 is 17.5. The van der Waals surface area contributed by atoms with Crippen LogP contribution in [-0.4, -0.2) is 99.6 Å². The van der Waals surface area contributed by atoms with Crippen molar-refractivity contribution in [3.63, 3.8) is 0 Å². The average Bonchev–Trinajstić information content (AvgIpc) is 3.32. The maximum Gasteiger partial charge on any atom is 0.306 e. The van der Waals surface area contributed by atoms with Gasteiger partial charge >= 0.3 is 5.97 Å². The summed E-state index contributed by atoms with van der Waals surface area (Å²) in [5, 5.41) is 56.6. The van der Waals surface area contributed by atoms with Gasteiger partial charge in [-0.2, -0.15) is 0 Å². The summed E-state index contributed by atoms with van der Waals surface area (Å²) >= 11 is 0. The van der Waals surface area contributed by atoms with E-state index < -0.39 is 67.4 Å². The largest absolute Gasteiger partial charge is 0.454 e. The summed E-state index contributed by atoms with van der Waals surface area (Å²) in [7, 11) is 0. The standard InChI is InChI=1S/C56H103NO10/c1-4-7-10-13-16-19-22-24-25-27-29-32-35-38-41-44-51(61)67-54-53(63)52(62)50(45-58)66-56(54)65-46-47(48(59)42-39-36-33-31-28-26-23-20-17-14-11-8-5-2)57-55(64)49(60)43-40-37-34-30-21-18-15-12-9-6-3/h15,18-19,22,39,42,47-50,52-54,56,58-60,62-63H,4-14,16-17,20-21,23-38,40-41,43-46H2,1-3H3,(H,57,64)/b18-15-,22-19-,42-39+. The van der Waals surface area contributed by atoms with Gasteiger partial charge in [-0.05, 0) is 70.6 Å². The minimum Gasteiger partial charge on any atom is -0.454 e. The van der Waals surface area contributed by atoms with Crippen LogP contribution in [0.4, 0.5) is 0 Å². The number of amides is 1. The lowest BCUT2D eigenvalue weighted by Crippen LogP contribution is -2.61. The van der Waals surface area contributed by atoms with Gasteiger partial charge in [-0.1, -0.05) is 205 Å². The predicted molar refractivity (Wildman–Crippen MR) is 274 cm³/mol. The Hall–Kier alpha value is -2.12. The van der Waals surface area contributed by atoms with Crippen LogP contribution in [0, 0.1) is 0 Å². The number of hydrogen-bond donors (Lipinski definition) is 6. The van der Waals surface area contributed by atoms with Crippen molar-refractivity contribution in [1.82, 2.24) is 5.32 Å². The van der Waals surface area contributed by atoms with Crippen LogP contribution >= 0.6 is 0 Å². The van der Waals surface area contributed by atoms with E-state index >= 15 is 0 Å². The second-order valence-corrected chi connectivity index (χ2v) is 19.3. The summed E-state index contributed by atoms with van der Waals surface area (Å²) in [6, 6.07) is -1.02. The first-order chi connectivity index (χ1) is 32.7. The first-order valence-corrected chi connectivity index (χ1v) is 27.8. The molecule has 1 fully saturated rings. The van der Waals surface area contributed by atoms with Crippen molar-refractivity contribution in [1.29, 1.82) is 0 Å². The van der Waals surface area contributed by atoms with Crippen LogP contribution in [0.2, 0.25) is 0 Å². The number of hydrogen-bond acceptors (Lipinski definition) is 10. The van der Waals surface area contributed by atoms with E-state index in [1.165, 1.54) is 116 Å². The van der Waals surface area contributed by atoms with Crippen molar-refractivity contribution in [3.05, 3.63) is 36.5 Å². The summed E-state index contributed by atoms with van der Waals surface area (Å²) in [5.74, 6) is -1.21. The van der Waals surface area contributed by atoms with Crippen LogP contribution in [-0.2, 0) is 23.8 Å². The van der Waals surface area contributed by atoms with Crippen LogP contribution in [0.15, 0.2) is 36.5 Å². The molecule has 1 saturated heterocycles. The lowest BCUT2D eigenvalue weighted by Gasteiger charge is -2.41. The Morgan fingerprint density at radius 2 is 1.00 bits per heavy atom. The van der Waals surface area contributed by atoms with E-state index in [-0.39, 0.29) is 19.4 Å². The summed E-state index contributed by atoms with van der Waals surface area (Å²) in [6.07, 6.45) is 40.5. The van der Waals surface area contributed by atoms with Gasteiger partial charge in [0.2, 0.25) is 5.91 Å². The van der Waals surface area contributed by atoms with Crippen LogP contribution < -0.4 is 5.32 Å². The molecule has 11 nitrogen and oxygen atoms in total. The molecule has 1 heterocycles. The van der Waals surface area contributed by atoms with Gasteiger partial charge in [0, 0.05) is 6.42 Å². The van der Waals surface area contributed by atoms with Crippen LogP contribution in [0.25, 0.3) is 0 Å². The molecule has 8 atom stereocenters. The Labute approximate surface area is 409 Å². The van der Waals surface area contributed by atoms with E-state index in [0.717, 1.165) is 83.5 Å². The Balaban J connectivity index is 2.75. The van der Waals surface area contributed by atoms with Crippen LogP contribution in [0.1, 0.15) is 245 Å². The van der Waals surface area contributed by atoms with Gasteiger partial charge in [0.25, 0.3) is 0 Å². The quantitative estimate of drug-likeness (QED) is 0.0196. The predicted octanol–water partition coefficient (Wildman–Crippen LogP) is 11.9. The van der Waals surface area contributed by atoms with Gasteiger partial charge in [-0.25, -0.2) is 0 Å². The highest BCUT2D eigenvalue weighted by Gasteiger charge is 2.47. The molecule has 1 rings (SSSR count). The molecular formula is C56H103NO10. The second-order valence-electron chi connectivity index (χ2n) is 19.3. The highest BCUT2D eigenvalue weighted by atomic mass is 16.7. The summed E-state index contributed by atoms with van der Waals surface area (Å²) in [5.41, 5.74) is 0. The molecule has 0 radical (unpaired) electrons. The lowest BCUT2D eigenvalue weighted by molar-refractivity contribution is -0.305. The zero-order valence-corrected chi connectivity index (χ0v) is 43.0. The molecule has 0 saturated carbocycles. The molecule has 1 amide bonds. The Morgan fingerprint density at radius 3 is 1.51 bits per heavy atom. The lowest BCUT2D eigenvalue weighted by atomic mass is 9.99.